The van der Waals surface area contributed by atoms with Gasteiger partial charge in [0.2, 0.25) is 0 Å². The van der Waals surface area contributed by atoms with Crippen molar-refractivity contribution in [1.82, 2.24) is 19.7 Å². The summed E-state index contributed by atoms with van der Waals surface area (Å²) in [6, 6.07) is 10.7. The Hall–Kier alpha value is -3.47. The van der Waals surface area contributed by atoms with Gasteiger partial charge in [-0.3, -0.25) is 9.80 Å². The first kappa shape index (κ1) is 24.2. The van der Waals surface area contributed by atoms with E-state index in [1.807, 2.05) is 42.7 Å². The van der Waals surface area contributed by atoms with Crippen molar-refractivity contribution in [2.75, 3.05) is 47.1 Å². The number of sulfone groups is 1. The summed E-state index contributed by atoms with van der Waals surface area (Å²) in [5.41, 5.74) is 2.01. The van der Waals surface area contributed by atoms with E-state index in [-0.39, 0.29) is 12.1 Å². The summed E-state index contributed by atoms with van der Waals surface area (Å²) >= 11 is 0. The van der Waals surface area contributed by atoms with Gasteiger partial charge < -0.3 is 9.47 Å². The largest absolute Gasteiger partial charge is 0.370 e. The summed E-state index contributed by atoms with van der Waals surface area (Å²) in [5.74, 6) is 1.19. The van der Waals surface area contributed by atoms with Crippen molar-refractivity contribution >= 4 is 33.1 Å². The molecule has 36 heavy (non-hydrogen) atoms. The van der Waals surface area contributed by atoms with E-state index in [9.17, 15) is 13.2 Å². The number of nitrogens with zero attached hydrogens (tertiary/aromatic N) is 7. The normalized spacial score (nSPS) is 16.9. The molecule has 4 heterocycles. The Balaban J connectivity index is 1.44. The van der Waals surface area contributed by atoms with Crippen LogP contribution < -0.4 is 14.7 Å². The molecule has 10 nitrogen and oxygen atoms in total. The summed E-state index contributed by atoms with van der Waals surface area (Å²) in [6.07, 6.45) is 6.10. The molecule has 2 aliphatic heterocycles. The smallest absolute Gasteiger partial charge is 0.330 e. The second kappa shape index (κ2) is 9.53. The number of pyridine rings is 1. The van der Waals surface area contributed by atoms with E-state index in [1.54, 1.807) is 28.3 Å². The Bertz CT molecular complexity index is 1380. The highest BCUT2D eigenvalue weighted by molar-refractivity contribution is 7.90. The van der Waals surface area contributed by atoms with Crippen LogP contribution in [0.5, 0.6) is 0 Å². The lowest BCUT2D eigenvalue weighted by molar-refractivity contribution is 0.255. The van der Waals surface area contributed by atoms with Gasteiger partial charge in [-0.15, -0.1) is 10.2 Å². The first-order valence-electron chi connectivity index (χ1n) is 12.3. The third kappa shape index (κ3) is 4.55. The first-order valence-corrected chi connectivity index (χ1v) is 14.2. The van der Waals surface area contributed by atoms with Crippen LogP contribution in [0.25, 0.3) is 11.5 Å². The number of benzene rings is 1. The van der Waals surface area contributed by atoms with E-state index in [1.165, 1.54) is 6.26 Å². The van der Waals surface area contributed by atoms with Crippen LogP contribution in [0.2, 0.25) is 0 Å². The van der Waals surface area contributed by atoms with Gasteiger partial charge in [0.25, 0.3) is 0 Å². The Morgan fingerprint density at radius 2 is 1.69 bits per heavy atom. The molecule has 2 fully saturated rings. The highest BCUT2D eigenvalue weighted by Crippen LogP contribution is 2.34. The molecule has 1 aromatic carbocycles. The molecule has 2 saturated heterocycles. The van der Waals surface area contributed by atoms with E-state index < -0.39 is 9.84 Å². The maximum Gasteiger partial charge on any atom is 0.330 e. The van der Waals surface area contributed by atoms with Gasteiger partial charge in [-0.05, 0) is 63.4 Å². The molecule has 0 spiro atoms. The lowest BCUT2D eigenvalue weighted by Crippen LogP contribution is -2.33. The number of carbonyl (C=O) groups is 1. The zero-order valence-electron chi connectivity index (χ0n) is 20.8. The van der Waals surface area contributed by atoms with Gasteiger partial charge in [0.15, 0.2) is 15.7 Å². The molecular formula is C25H31N7O3S. The van der Waals surface area contributed by atoms with Gasteiger partial charge in [0, 0.05) is 44.2 Å². The quantitative estimate of drug-likeness (QED) is 0.498. The van der Waals surface area contributed by atoms with Crippen LogP contribution in [0.15, 0.2) is 47.6 Å². The standard InChI is InChI=1S/C25H31N7O3S/c1-18(2)32-17-26-28-24(32)20-8-7-9-23(27-20)31-15-14-30(25(31)33)19-10-11-22(36(3,34)35)21(16-19)29-12-5-4-6-13-29/h7-11,16-18H,4-6,12-15H2,1-3H3. The number of rotatable bonds is 6. The van der Waals surface area contributed by atoms with Crippen molar-refractivity contribution in [3.8, 4) is 11.5 Å². The molecule has 2 amide bonds. The fourth-order valence-corrected chi connectivity index (χ4v) is 5.74. The number of aromatic nitrogens is 4. The third-order valence-electron chi connectivity index (χ3n) is 6.73. The number of hydrogen-bond acceptors (Lipinski definition) is 7. The van der Waals surface area contributed by atoms with Crippen LogP contribution in [-0.2, 0) is 9.84 Å². The predicted molar refractivity (Wildman–Crippen MR) is 139 cm³/mol. The average Bonchev–Trinajstić information content (AvgIpc) is 3.51. The zero-order valence-corrected chi connectivity index (χ0v) is 21.6. The SMILES string of the molecule is CC(C)n1cnnc1-c1cccc(N2CCN(c3ccc(S(C)(=O)=O)c(N4CCCCC4)c3)C2=O)n1. The van der Waals surface area contributed by atoms with Crippen molar-refractivity contribution in [1.29, 1.82) is 0 Å². The minimum atomic E-state index is -3.40. The molecule has 190 valence electrons. The molecule has 2 aliphatic rings. The second-order valence-corrected chi connectivity index (χ2v) is 11.6. The molecule has 0 N–H and O–H groups in total. The number of hydrogen-bond donors (Lipinski definition) is 0. The van der Waals surface area contributed by atoms with Gasteiger partial charge in [-0.2, -0.15) is 0 Å². The van der Waals surface area contributed by atoms with Gasteiger partial charge in [0.1, 0.15) is 17.8 Å². The molecule has 0 atom stereocenters. The van der Waals surface area contributed by atoms with E-state index in [0.717, 1.165) is 32.4 Å². The Morgan fingerprint density at radius 3 is 2.42 bits per heavy atom. The summed E-state index contributed by atoms with van der Waals surface area (Å²) in [5, 5.41) is 8.24. The molecule has 3 aromatic rings. The summed E-state index contributed by atoms with van der Waals surface area (Å²) < 4.78 is 26.9. The molecule has 0 bridgehead atoms. The number of anilines is 3. The Morgan fingerprint density at radius 1 is 0.944 bits per heavy atom. The fraction of sp³-hybridized carbons (Fsp3) is 0.440. The van der Waals surface area contributed by atoms with E-state index in [2.05, 4.69) is 15.1 Å². The molecule has 11 heteroatoms. The van der Waals surface area contributed by atoms with Gasteiger partial charge in [-0.1, -0.05) is 6.07 Å². The van der Waals surface area contributed by atoms with E-state index in [0.29, 0.717) is 46.7 Å². The minimum absolute atomic E-state index is 0.174. The zero-order chi connectivity index (χ0) is 25.4. The molecule has 2 aromatic heterocycles. The topological polar surface area (TPSA) is 105 Å². The number of carbonyl (C=O) groups excluding carboxylic acids is 1. The summed E-state index contributed by atoms with van der Waals surface area (Å²) in [4.78, 5) is 24.0. The maximum atomic E-state index is 13.5. The molecule has 0 radical (unpaired) electrons. The minimum Gasteiger partial charge on any atom is -0.370 e. The van der Waals surface area contributed by atoms with Crippen molar-refractivity contribution in [3.05, 3.63) is 42.7 Å². The van der Waals surface area contributed by atoms with Crippen LogP contribution in [-0.4, -0.2) is 66.6 Å². The fourth-order valence-electron chi connectivity index (χ4n) is 4.86. The summed E-state index contributed by atoms with van der Waals surface area (Å²) in [7, 11) is -3.40. The predicted octanol–water partition coefficient (Wildman–Crippen LogP) is 3.76. The summed E-state index contributed by atoms with van der Waals surface area (Å²) in [6.45, 7) is 6.66. The lowest BCUT2D eigenvalue weighted by Gasteiger charge is -2.31. The third-order valence-corrected chi connectivity index (χ3v) is 7.87. The molecule has 0 unspecified atom stereocenters. The maximum absolute atomic E-state index is 13.5. The van der Waals surface area contributed by atoms with Crippen LogP contribution in [0, 0.1) is 0 Å². The van der Waals surface area contributed by atoms with E-state index in [4.69, 9.17) is 4.98 Å². The number of urea groups is 1. The van der Waals surface area contributed by atoms with Crippen molar-refractivity contribution in [2.24, 2.45) is 0 Å². The Kier molecular flexibility index (Phi) is 6.42. The number of piperidine rings is 1. The van der Waals surface area contributed by atoms with Gasteiger partial charge in [0.05, 0.1) is 10.6 Å². The van der Waals surface area contributed by atoms with Crippen LogP contribution in [0.3, 0.4) is 0 Å². The lowest BCUT2D eigenvalue weighted by atomic mass is 10.1. The van der Waals surface area contributed by atoms with Gasteiger partial charge in [-0.25, -0.2) is 18.2 Å². The monoisotopic (exact) mass is 509 g/mol. The van der Waals surface area contributed by atoms with Crippen LogP contribution >= 0.6 is 0 Å². The molecular weight excluding hydrogens is 478 g/mol. The van der Waals surface area contributed by atoms with Crippen molar-refractivity contribution < 1.29 is 13.2 Å². The highest BCUT2D eigenvalue weighted by atomic mass is 32.2. The number of amides is 2. The second-order valence-electron chi connectivity index (χ2n) is 9.59. The average molecular weight is 510 g/mol. The van der Waals surface area contributed by atoms with Gasteiger partial charge >= 0.3 is 6.03 Å². The molecule has 0 saturated carbocycles. The van der Waals surface area contributed by atoms with Crippen LogP contribution in [0.1, 0.15) is 39.2 Å². The van der Waals surface area contributed by atoms with Crippen LogP contribution in [0.4, 0.5) is 22.0 Å². The molecule has 5 rings (SSSR count). The molecule has 0 aliphatic carbocycles. The highest BCUT2D eigenvalue weighted by Gasteiger charge is 2.33. The Labute approximate surface area is 211 Å². The van der Waals surface area contributed by atoms with E-state index >= 15 is 0 Å². The van der Waals surface area contributed by atoms with Crippen molar-refractivity contribution in [3.63, 3.8) is 0 Å². The van der Waals surface area contributed by atoms with Crippen molar-refractivity contribution in [2.45, 2.75) is 44.0 Å². The first-order chi connectivity index (χ1) is 17.2.